The topological polar surface area (TPSA) is 111 Å². The van der Waals surface area contributed by atoms with Crippen molar-refractivity contribution in [1.29, 1.82) is 0 Å². The van der Waals surface area contributed by atoms with Gasteiger partial charge in [-0.05, 0) is 0 Å². The van der Waals surface area contributed by atoms with Gasteiger partial charge in [-0.25, -0.2) is 4.39 Å². The second kappa shape index (κ2) is 7.32. The van der Waals surface area contributed by atoms with Crippen LogP contribution in [0.5, 0.6) is 0 Å². The summed E-state index contributed by atoms with van der Waals surface area (Å²) in [6.07, 6.45) is -6.24. The molecule has 1 fully saturated rings. The fraction of sp³-hybridized carbons (Fsp3) is 0.750. The van der Waals surface area contributed by atoms with Crippen LogP contribution in [0.1, 0.15) is 20.8 Å². The van der Waals surface area contributed by atoms with Gasteiger partial charge in [0.1, 0.15) is 18.8 Å². The summed E-state index contributed by atoms with van der Waals surface area (Å²) >= 11 is 0. The van der Waals surface area contributed by atoms with Crippen LogP contribution in [-0.2, 0) is 28.6 Å². The lowest BCUT2D eigenvalue weighted by Crippen LogP contribution is -2.64. The Balaban J connectivity index is 2.87. The zero-order valence-corrected chi connectivity index (χ0v) is 11.9. The Morgan fingerprint density at radius 2 is 1.86 bits per heavy atom. The first-order valence-corrected chi connectivity index (χ1v) is 6.27. The van der Waals surface area contributed by atoms with Gasteiger partial charge in [0.15, 0.2) is 18.6 Å². The van der Waals surface area contributed by atoms with Crippen molar-refractivity contribution in [2.24, 2.45) is 0 Å². The fourth-order valence-electron chi connectivity index (χ4n) is 1.96. The number of amides is 1. The summed E-state index contributed by atoms with van der Waals surface area (Å²) in [4.78, 5) is 32.9. The fourth-order valence-corrected chi connectivity index (χ4v) is 1.96. The molecular weight excluding hydrogens is 289 g/mol. The van der Waals surface area contributed by atoms with E-state index in [1.165, 1.54) is 0 Å². The summed E-state index contributed by atoms with van der Waals surface area (Å²) in [5.41, 5.74) is 0. The minimum absolute atomic E-state index is 0.446. The highest BCUT2D eigenvalue weighted by atomic mass is 19.1. The van der Waals surface area contributed by atoms with Crippen molar-refractivity contribution in [3.8, 4) is 0 Å². The van der Waals surface area contributed by atoms with E-state index in [-0.39, 0.29) is 0 Å². The number of halogens is 1. The molecule has 0 aromatic heterocycles. The Bertz CT molecular complexity index is 416. The van der Waals surface area contributed by atoms with Gasteiger partial charge in [0.25, 0.3) is 0 Å². The van der Waals surface area contributed by atoms with Crippen molar-refractivity contribution < 1.29 is 38.1 Å². The summed E-state index contributed by atoms with van der Waals surface area (Å²) in [5.74, 6) is -1.97. The van der Waals surface area contributed by atoms with Gasteiger partial charge in [-0.1, -0.05) is 0 Å². The molecule has 1 heterocycles. The molecule has 1 aliphatic rings. The third-order valence-electron chi connectivity index (χ3n) is 2.77. The first-order valence-electron chi connectivity index (χ1n) is 6.27. The van der Waals surface area contributed by atoms with Crippen LogP contribution in [0.2, 0.25) is 0 Å². The number of ether oxygens (including phenoxy) is 3. The number of hydrogen-bond acceptors (Lipinski definition) is 7. The van der Waals surface area contributed by atoms with Crippen LogP contribution in [0.25, 0.3) is 0 Å². The summed E-state index contributed by atoms with van der Waals surface area (Å²) in [6, 6.07) is -1.25. The zero-order valence-electron chi connectivity index (χ0n) is 11.9. The van der Waals surface area contributed by atoms with E-state index in [0.717, 1.165) is 20.8 Å². The smallest absolute Gasteiger partial charge is 0.303 e. The number of alkyl halides is 1. The maximum absolute atomic E-state index is 14.3. The summed E-state index contributed by atoms with van der Waals surface area (Å²) in [5, 5.41) is 12.1. The second-order valence-corrected chi connectivity index (χ2v) is 4.61. The summed E-state index contributed by atoms with van der Waals surface area (Å²) < 4.78 is 28.8. The van der Waals surface area contributed by atoms with E-state index in [1.807, 2.05) is 0 Å². The lowest BCUT2D eigenvalue weighted by atomic mass is 9.98. The molecule has 0 spiro atoms. The predicted octanol–water partition coefficient (Wildman–Crippen LogP) is -0.959. The molecule has 2 N–H and O–H groups in total. The quantitative estimate of drug-likeness (QED) is 0.643. The molecule has 0 saturated carbocycles. The van der Waals surface area contributed by atoms with Crippen molar-refractivity contribution in [3.63, 3.8) is 0 Å². The van der Waals surface area contributed by atoms with Gasteiger partial charge in [0, 0.05) is 20.8 Å². The van der Waals surface area contributed by atoms with E-state index in [4.69, 9.17) is 9.47 Å². The number of nitrogens with one attached hydrogen (secondary N) is 1. The Morgan fingerprint density at radius 3 is 2.33 bits per heavy atom. The lowest BCUT2D eigenvalue weighted by Gasteiger charge is -2.40. The first-order chi connectivity index (χ1) is 9.72. The predicted molar refractivity (Wildman–Crippen MR) is 65.6 cm³/mol. The van der Waals surface area contributed by atoms with Crippen molar-refractivity contribution in [3.05, 3.63) is 0 Å². The molecule has 1 amide bonds. The average molecular weight is 307 g/mol. The van der Waals surface area contributed by atoms with E-state index in [0.29, 0.717) is 0 Å². The summed E-state index contributed by atoms with van der Waals surface area (Å²) in [6.45, 7) is 2.92. The molecule has 9 heteroatoms. The minimum atomic E-state index is -1.88. The standard InChI is InChI=1S/C12H18FNO7/c1-5(15)14-10-11(20-7(3)17)9(13)8(21-12(10)18)4-19-6(2)16/h8-12,18H,4H2,1-3H3,(H,14,15)/t8?,9-,10+,11+,12-/m1/s1. The van der Waals surface area contributed by atoms with Gasteiger partial charge >= 0.3 is 11.9 Å². The largest absolute Gasteiger partial charge is 0.463 e. The van der Waals surface area contributed by atoms with Gasteiger partial charge in [-0.15, -0.1) is 0 Å². The molecule has 0 bridgehead atoms. The first kappa shape index (κ1) is 17.3. The molecule has 1 rings (SSSR count). The van der Waals surface area contributed by atoms with Crippen molar-refractivity contribution in [1.82, 2.24) is 5.32 Å². The highest BCUT2D eigenvalue weighted by Gasteiger charge is 2.48. The number of rotatable bonds is 4. The molecule has 0 radical (unpaired) electrons. The Hall–Kier alpha value is -1.74. The van der Waals surface area contributed by atoms with Crippen LogP contribution >= 0.6 is 0 Å². The number of hydrogen-bond donors (Lipinski definition) is 2. The molecule has 1 unspecified atom stereocenters. The molecule has 120 valence electrons. The average Bonchev–Trinajstić information content (AvgIpc) is 2.35. The normalized spacial score (nSPS) is 32.1. The molecule has 0 aromatic carbocycles. The van der Waals surface area contributed by atoms with Crippen LogP contribution in [-0.4, -0.2) is 60.3 Å². The number of aliphatic hydroxyl groups is 1. The van der Waals surface area contributed by atoms with Crippen molar-refractivity contribution in [2.75, 3.05) is 6.61 Å². The van der Waals surface area contributed by atoms with Gasteiger partial charge in [-0.3, -0.25) is 14.4 Å². The molecule has 8 nitrogen and oxygen atoms in total. The molecule has 1 aliphatic heterocycles. The Kier molecular flexibility index (Phi) is 6.03. The second-order valence-electron chi connectivity index (χ2n) is 4.61. The third-order valence-corrected chi connectivity index (χ3v) is 2.77. The van der Waals surface area contributed by atoms with E-state index < -0.39 is 55.2 Å². The summed E-state index contributed by atoms with van der Waals surface area (Å²) in [7, 11) is 0. The van der Waals surface area contributed by atoms with Crippen molar-refractivity contribution in [2.45, 2.75) is 51.5 Å². The number of carbonyl (C=O) groups is 3. The maximum Gasteiger partial charge on any atom is 0.303 e. The number of carbonyl (C=O) groups excluding carboxylic acids is 3. The highest BCUT2D eigenvalue weighted by molar-refractivity contribution is 5.73. The van der Waals surface area contributed by atoms with Gasteiger partial charge in [0.05, 0.1) is 0 Å². The van der Waals surface area contributed by atoms with Crippen LogP contribution in [0.15, 0.2) is 0 Å². The third kappa shape index (κ3) is 4.94. The number of esters is 2. The maximum atomic E-state index is 14.3. The van der Waals surface area contributed by atoms with E-state index in [1.54, 1.807) is 0 Å². The van der Waals surface area contributed by atoms with Crippen LogP contribution < -0.4 is 5.32 Å². The number of aliphatic hydroxyl groups excluding tert-OH is 1. The highest BCUT2D eigenvalue weighted by Crippen LogP contribution is 2.25. The molecule has 21 heavy (non-hydrogen) atoms. The zero-order chi connectivity index (χ0) is 16.2. The van der Waals surface area contributed by atoms with Gasteiger partial charge < -0.3 is 24.6 Å². The monoisotopic (exact) mass is 307 g/mol. The minimum Gasteiger partial charge on any atom is -0.463 e. The molecule has 1 saturated heterocycles. The molecule has 0 aliphatic carbocycles. The van der Waals surface area contributed by atoms with Gasteiger partial charge in [0.2, 0.25) is 5.91 Å². The van der Waals surface area contributed by atoms with Crippen LogP contribution in [0.3, 0.4) is 0 Å². The molecule has 0 aromatic rings. The van der Waals surface area contributed by atoms with E-state index in [9.17, 15) is 23.9 Å². The Morgan fingerprint density at radius 1 is 1.24 bits per heavy atom. The van der Waals surface area contributed by atoms with Crippen LogP contribution in [0.4, 0.5) is 4.39 Å². The molecule has 5 atom stereocenters. The Labute approximate surface area is 120 Å². The SMILES string of the molecule is CC(=O)N[C@H]1[C@@H](OC(C)=O)[C@H](F)C(COC(C)=O)O[C@H]1O. The van der Waals surface area contributed by atoms with Crippen molar-refractivity contribution >= 4 is 17.8 Å². The molecular formula is C12H18FNO7. The van der Waals surface area contributed by atoms with Gasteiger partial charge in [-0.2, -0.15) is 0 Å². The lowest BCUT2D eigenvalue weighted by molar-refractivity contribution is -0.247. The van der Waals surface area contributed by atoms with E-state index >= 15 is 0 Å². The van der Waals surface area contributed by atoms with E-state index in [2.05, 4.69) is 10.1 Å². The van der Waals surface area contributed by atoms with Crippen LogP contribution in [0, 0.1) is 0 Å².